The van der Waals surface area contributed by atoms with Crippen molar-refractivity contribution in [1.82, 2.24) is 0 Å². The zero-order valence-corrected chi connectivity index (χ0v) is 13.3. The van der Waals surface area contributed by atoms with Gasteiger partial charge in [-0.3, -0.25) is 4.79 Å². The molecule has 2 aromatic rings. The van der Waals surface area contributed by atoms with Gasteiger partial charge in [0.15, 0.2) is 6.61 Å². The summed E-state index contributed by atoms with van der Waals surface area (Å²) in [7, 11) is 0. The summed E-state index contributed by atoms with van der Waals surface area (Å²) in [6.07, 6.45) is 0. The Hall–Kier alpha value is -1.93. The standard InChI is InChI=1S/C15H9Cl3N2O2/c16-11-5-13(18)14(6-12(11)17)20-15(21)8-22-10-3-1-9(7-19)2-4-10/h1-6H,8H2,(H,20,21). The monoisotopic (exact) mass is 354 g/mol. The molecule has 0 fully saturated rings. The summed E-state index contributed by atoms with van der Waals surface area (Å²) in [5, 5.41) is 12.1. The Morgan fingerprint density at radius 2 is 1.73 bits per heavy atom. The molecule has 1 amide bonds. The van der Waals surface area contributed by atoms with Crippen molar-refractivity contribution in [2.24, 2.45) is 0 Å². The highest BCUT2D eigenvalue weighted by atomic mass is 35.5. The van der Waals surface area contributed by atoms with E-state index in [0.717, 1.165) is 0 Å². The lowest BCUT2D eigenvalue weighted by molar-refractivity contribution is -0.118. The quantitative estimate of drug-likeness (QED) is 0.819. The number of ether oxygens (including phenoxy) is 1. The van der Waals surface area contributed by atoms with Crippen molar-refractivity contribution in [3.05, 3.63) is 57.0 Å². The Balaban J connectivity index is 1.95. The molecule has 1 N–H and O–H groups in total. The highest BCUT2D eigenvalue weighted by molar-refractivity contribution is 6.44. The molecule has 0 aliphatic carbocycles. The zero-order chi connectivity index (χ0) is 16.1. The molecule has 0 aliphatic heterocycles. The largest absolute Gasteiger partial charge is 0.484 e. The maximum Gasteiger partial charge on any atom is 0.262 e. The summed E-state index contributed by atoms with van der Waals surface area (Å²) >= 11 is 17.6. The van der Waals surface area contributed by atoms with E-state index < -0.39 is 5.91 Å². The van der Waals surface area contributed by atoms with Crippen LogP contribution in [0.25, 0.3) is 0 Å². The summed E-state index contributed by atoms with van der Waals surface area (Å²) in [6, 6.07) is 11.3. The second kappa shape index (κ2) is 7.37. The van der Waals surface area contributed by atoms with Crippen molar-refractivity contribution in [2.45, 2.75) is 0 Å². The van der Waals surface area contributed by atoms with E-state index in [1.165, 1.54) is 12.1 Å². The van der Waals surface area contributed by atoms with E-state index in [1.54, 1.807) is 24.3 Å². The molecule has 0 saturated heterocycles. The molecular formula is C15H9Cl3N2O2. The van der Waals surface area contributed by atoms with Crippen LogP contribution in [0.5, 0.6) is 5.75 Å². The predicted octanol–water partition coefficient (Wildman–Crippen LogP) is 4.54. The molecule has 0 heterocycles. The van der Waals surface area contributed by atoms with Crippen LogP contribution in [0, 0.1) is 11.3 Å². The molecule has 7 heteroatoms. The number of amides is 1. The first-order chi connectivity index (χ1) is 10.5. The minimum Gasteiger partial charge on any atom is -0.484 e. The van der Waals surface area contributed by atoms with E-state index in [9.17, 15) is 4.79 Å². The summed E-state index contributed by atoms with van der Waals surface area (Å²) in [5.74, 6) is 0.0824. The van der Waals surface area contributed by atoms with Crippen molar-refractivity contribution in [3.63, 3.8) is 0 Å². The zero-order valence-electron chi connectivity index (χ0n) is 11.1. The van der Waals surface area contributed by atoms with Crippen LogP contribution in [-0.2, 0) is 4.79 Å². The molecule has 0 radical (unpaired) electrons. The van der Waals surface area contributed by atoms with Crippen LogP contribution in [0.1, 0.15) is 5.56 Å². The number of nitrogens with zero attached hydrogens (tertiary/aromatic N) is 1. The van der Waals surface area contributed by atoms with Gasteiger partial charge < -0.3 is 10.1 Å². The number of anilines is 1. The Labute approximate surface area is 142 Å². The average Bonchev–Trinajstić information content (AvgIpc) is 2.51. The van der Waals surface area contributed by atoms with Gasteiger partial charge in [-0.05, 0) is 36.4 Å². The SMILES string of the molecule is N#Cc1ccc(OCC(=O)Nc2cc(Cl)c(Cl)cc2Cl)cc1. The summed E-state index contributed by atoms with van der Waals surface area (Å²) < 4.78 is 5.31. The van der Waals surface area contributed by atoms with Gasteiger partial charge in [-0.25, -0.2) is 0 Å². The summed E-state index contributed by atoms with van der Waals surface area (Å²) in [6.45, 7) is -0.206. The number of halogens is 3. The third-order valence-electron chi connectivity index (χ3n) is 2.64. The van der Waals surface area contributed by atoms with Crippen LogP contribution in [0.15, 0.2) is 36.4 Å². The van der Waals surface area contributed by atoms with Crippen molar-refractivity contribution in [1.29, 1.82) is 5.26 Å². The third-order valence-corrected chi connectivity index (χ3v) is 3.67. The van der Waals surface area contributed by atoms with Crippen LogP contribution in [0.3, 0.4) is 0 Å². The second-order valence-electron chi connectivity index (χ2n) is 4.22. The lowest BCUT2D eigenvalue weighted by Crippen LogP contribution is -2.20. The van der Waals surface area contributed by atoms with Gasteiger partial charge in [-0.15, -0.1) is 0 Å². The Bertz CT molecular complexity index is 740. The third kappa shape index (κ3) is 4.28. The lowest BCUT2D eigenvalue weighted by Gasteiger charge is -2.10. The molecule has 22 heavy (non-hydrogen) atoms. The number of hydrogen-bond acceptors (Lipinski definition) is 3. The number of nitrogens with one attached hydrogen (secondary N) is 1. The van der Waals surface area contributed by atoms with Crippen LogP contribution >= 0.6 is 34.8 Å². The van der Waals surface area contributed by atoms with Gasteiger partial charge >= 0.3 is 0 Å². The smallest absolute Gasteiger partial charge is 0.262 e. The topological polar surface area (TPSA) is 62.1 Å². The fourth-order valence-electron chi connectivity index (χ4n) is 1.58. The van der Waals surface area contributed by atoms with Gasteiger partial charge in [-0.2, -0.15) is 5.26 Å². The molecule has 0 atom stereocenters. The fraction of sp³-hybridized carbons (Fsp3) is 0.0667. The van der Waals surface area contributed by atoms with Crippen molar-refractivity contribution >= 4 is 46.4 Å². The van der Waals surface area contributed by atoms with Gasteiger partial charge in [0.1, 0.15) is 5.75 Å². The van der Waals surface area contributed by atoms with E-state index in [1.807, 2.05) is 6.07 Å². The Kier molecular flexibility index (Phi) is 5.51. The van der Waals surface area contributed by atoms with Crippen molar-refractivity contribution in [2.75, 3.05) is 11.9 Å². The van der Waals surface area contributed by atoms with Gasteiger partial charge in [-0.1, -0.05) is 34.8 Å². The average molecular weight is 356 g/mol. The molecule has 0 aliphatic rings. The van der Waals surface area contributed by atoms with Crippen LogP contribution in [0.2, 0.25) is 15.1 Å². The Morgan fingerprint density at radius 3 is 2.36 bits per heavy atom. The van der Waals surface area contributed by atoms with Gasteiger partial charge in [0.05, 0.1) is 32.4 Å². The highest BCUT2D eigenvalue weighted by Gasteiger charge is 2.10. The molecule has 2 aromatic carbocycles. The molecule has 4 nitrogen and oxygen atoms in total. The molecule has 2 rings (SSSR count). The van der Waals surface area contributed by atoms with Crippen LogP contribution in [-0.4, -0.2) is 12.5 Å². The number of hydrogen-bond donors (Lipinski definition) is 1. The number of carbonyl (C=O) groups excluding carboxylic acids is 1. The first-order valence-corrected chi connectivity index (χ1v) is 7.20. The molecular weight excluding hydrogens is 347 g/mol. The number of rotatable bonds is 4. The van der Waals surface area contributed by atoms with Gasteiger partial charge in [0.2, 0.25) is 0 Å². The molecule has 0 saturated carbocycles. The Morgan fingerprint density at radius 1 is 1.09 bits per heavy atom. The van der Waals surface area contributed by atoms with E-state index >= 15 is 0 Å². The number of benzene rings is 2. The van der Waals surface area contributed by atoms with Crippen LogP contribution in [0.4, 0.5) is 5.69 Å². The molecule has 0 bridgehead atoms. The van der Waals surface area contributed by atoms with E-state index in [2.05, 4.69) is 5.32 Å². The fourth-order valence-corrected chi connectivity index (χ4v) is 2.17. The summed E-state index contributed by atoms with van der Waals surface area (Å²) in [4.78, 5) is 11.8. The first-order valence-electron chi connectivity index (χ1n) is 6.07. The van der Waals surface area contributed by atoms with E-state index in [-0.39, 0.29) is 16.7 Å². The first kappa shape index (κ1) is 16.4. The highest BCUT2D eigenvalue weighted by Crippen LogP contribution is 2.32. The minimum atomic E-state index is -0.398. The number of carbonyl (C=O) groups is 1. The summed E-state index contributed by atoms with van der Waals surface area (Å²) in [5.41, 5.74) is 0.865. The van der Waals surface area contributed by atoms with Crippen molar-refractivity contribution < 1.29 is 9.53 Å². The second-order valence-corrected chi connectivity index (χ2v) is 5.44. The van der Waals surface area contributed by atoms with E-state index in [4.69, 9.17) is 44.8 Å². The maximum atomic E-state index is 11.8. The number of nitriles is 1. The van der Waals surface area contributed by atoms with Crippen LogP contribution < -0.4 is 10.1 Å². The minimum absolute atomic E-state index is 0.206. The van der Waals surface area contributed by atoms with Crippen molar-refractivity contribution in [3.8, 4) is 11.8 Å². The molecule has 112 valence electrons. The maximum absolute atomic E-state index is 11.8. The predicted molar refractivity (Wildman–Crippen MR) is 86.8 cm³/mol. The molecule has 0 spiro atoms. The lowest BCUT2D eigenvalue weighted by atomic mass is 10.2. The normalized spacial score (nSPS) is 9.91. The van der Waals surface area contributed by atoms with Gasteiger partial charge in [0, 0.05) is 0 Å². The molecule has 0 aromatic heterocycles. The molecule has 0 unspecified atom stereocenters. The van der Waals surface area contributed by atoms with E-state index in [0.29, 0.717) is 22.0 Å². The van der Waals surface area contributed by atoms with Gasteiger partial charge in [0.25, 0.3) is 5.91 Å².